The summed E-state index contributed by atoms with van der Waals surface area (Å²) in [5.74, 6) is -0.536. The Morgan fingerprint density at radius 3 is 2.60 bits per heavy atom. The summed E-state index contributed by atoms with van der Waals surface area (Å²) >= 11 is 5.91. The van der Waals surface area contributed by atoms with Crippen LogP contribution in [0.25, 0.3) is 0 Å². The van der Waals surface area contributed by atoms with Crippen molar-refractivity contribution >= 4 is 23.4 Å². The summed E-state index contributed by atoms with van der Waals surface area (Å²) in [7, 11) is 0. The minimum absolute atomic E-state index is 0.0434. The highest BCUT2D eigenvalue weighted by Crippen LogP contribution is 2.43. The van der Waals surface area contributed by atoms with E-state index in [1.165, 1.54) is 18.2 Å². The largest absolute Gasteiger partial charge is 0.339 e. The lowest BCUT2D eigenvalue weighted by Crippen LogP contribution is -2.53. The molecule has 1 spiro atoms. The normalized spacial score (nSPS) is 23.2. The first kappa shape index (κ1) is 16.8. The second-order valence-electron chi connectivity index (χ2n) is 7.67. The number of benzene rings is 1. The Bertz CT molecular complexity index is 711. The van der Waals surface area contributed by atoms with Crippen LogP contribution in [-0.4, -0.2) is 47.3 Å². The first-order valence-electron chi connectivity index (χ1n) is 9.01. The van der Waals surface area contributed by atoms with Crippen LogP contribution < -0.4 is 0 Å². The average molecular weight is 365 g/mol. The molecule has 1 aromatic carbocycles. The number of amides is 2. The fourth-order valence-corrected chi connectivity index (χ4v) is 4.36. The van der Waals surface area contributed by atoms with Crippen molar-refractivity contribution in [3.05, 3.63) is 34.6 Å². The molecule has 2 aliphatic heterocycles. The number of nitrogens with zero attached hydrogens (tertiary/aromatic N) is 2. The zero-order valence-corrected chi connectivity index (χ0v) is 14.9. The molecule has 3 aliphatic rings. The highest BCUT2D eigenvalue weighted by Gasteiger charge is 2.45. The van der Waals surface area contributed by atoms with E-state index < -0.39 is 5.82 Å². The average Bonchev–Trinajstić information content (AvgIpc) is 3.45. The molecule has 1 aromatic rings. The van der Waals surface area contributed by atoms with Crippen molar-refractivity contribution in [2.24, 2.45) is 5.41 Å². The van der Waals surface area contributed by atoms with Crippen LogP contribution in [0.5, 0.6) is 0 Å². The van der Waals surface area contributed by atoms with Crippen LogP contribution in [0.1, 0.15) is 48.9 Å². The summed E-state index contributed by atoms with van der Waals surface area (Å²) in [5, 5.41) is 0.365. The Morgan fingerprint density at radius 2 is 1.92 bits per heavy atom. The third-order valence-electron chi connectivity index (χ3n) is 5.95. The third kappa shape index (κ3) is 3.26. The van der Waals surface area contributed by atoms with Gasteiger partial charge in [0.25, 0.3) is 5.91 Å². The second-order valence-corrected chi connectivity index (χ2v) is 8.11. The molecule has 4 nitrogen and oxygen atoms in total. The molecule has 2 amide bonds. The Kier molecular flexibility index (Phi) is 4.22. The second kappa shape index (κ2) is 6.27. The smallest absolute Gasteiger partial charge is 0.256 e. The number of likely N-dealkylation sites (tertiary alicyclic amines) is 2. The molecule has 1 aliphatic carbocycles. The first-order valence-corrected chi connectivity index (χ1v) is 9.39. The van der Waals surface area contributed by atoms with Gasteiger partial charge in [0.2, 0.25) is 5.91 Å². The molecule has 0 atom stereocenters. The van der Waals surface area contributed by atoms with E-state index in [0.717, 1.165) is 38.6 Å². The predicted molar refractivity (Wildman–Crippen MR) is 92.9 cm³/mol. The van der Waals surface area contributed by atoms with Crippen LogP contribution in [0, 0.1) is 11.2 Å². The fourth-order valence-electron chi connectivity index (χ4n) is 4.19. The molecule has 6 heteroatoms. The van der Waals surface area contributed by atoms with Crippen molar-refractivity contribution in [2.75, 3.05) is 19.6 Å². The van der Waals surface area contributed by atoms with E-state index in [1.54, 1.807) is 4.90 Å². The van der Waals surface area contributed by atoms with Gasteiger partial charge in [-0.2, -0.15) is 0 Å². The molecular formula is C19H22ClFN2O2. The number of hydrogen-bond acceptors (Lipinski definition) is 2. The molecule has 25 heavy (non-hydrogen) atoms. The predicted octanol–water partition coefficient (Wildman–Crippen LogP) is 3.49. The van der Waals surface area contributed by atoms with E-state index >= 15 is 0 Å². The molecule has 2 saturated heterocycles. The highest BCUT2D eigenvalue weighted by molar-refractivity contribution is 6.31. The van der Waals surface area contributed by atoms with E-state index in [4.69, 9.17) is 11.6 Å². The monoisotopic (exact) mass is 364 g/mol. The van der Waals surface area contributed by atoms with Crippen LogP contribution in [0.2, 0.25) is 5.02 Å². The third-order valence-corrected chi connectivity index (χ3v) is 6.19. The summed E-state index contributed by atoms with van der Waals surface area (Å²) in [6.45, 7) is 2.04. The summed E-state index contributed by atoms with van der Waals surface area (Å²) in [6.07, 6.45) is 5.52. The maximum Gasteiger partial charge on any atom is 0.256 e. The van der Waals surface area contributed by atoms with Crippen LogP contribution in [0.15, 0.2) is 18.2 Å². The fraction of sp³-hybridized carbons (Fsp3) is 0.579. The van der Waals surface area contributed by atoms with Gasteiger partial charge in [-0.15, -0.1) is 0 Å². The number of rotatable bonds is 2. The van der Waals surface area contributed by atoms with E-state index in [0.29, 0.717) is 30.6 Å². The summed E-state index contributed by atoms with van der Waals surface area (Å²) in [6, 6.07) is 4.54. The van der Waals surface area contributed by atoms with Gasteiger partial charge in [0.05, 0.1) is 5.56 Å². The first-order chi connectivity index (χ1) is 12.0. The van der Waals surface area contributed by atoms with Crippen molar-refractivity contribution in [1.29, 1.82) is 0 Å². The lowest BCUT2D eigenvalue weighted by Gasteiger charge is -2.47. The topological polar surface area (TPSA) is 40.6 Å². The molecule has 1 saturated carbocycles. The van der Waals surface area contributed by atoms with E-state index in [2.05, 4.69) is 4.90 Å². The van der Waals surface area contributed by atoms with Gasteiger partial charge in [-0.25, -0.2) is 4.39 Å². The maximum absolute atomic E-state index is 14.0. The molecule has 4 rings (SSSR count). The highest BCUT2D eigenvalue weighted by atomic mass is 35.5. The Morgan fingerprint density at radius 1 is 1.20 bits per heavy atom. The minimum Gasteiger partial charge on any atom is -0.339 e. The zero-order chi connectivity index (χ0) is 17.6. The van der Waals surface area contributed by atoms with Crippen LogP contribution in [-0.2, 0) is 4.79 Å². The SMILES string of the molecule is O=C(c1cc(Cl)ccc1F)N1CCC2(CCC(=O)N(C3CC3)C2)CC1. The molecule has 3 fully saturated rings. The standard InChI is InChI=1S/C19H22ClFN2O2/c20-13-1-4-16(21)15(11-13)18(25)22-9-7-19(8-10-22)6-5-17(24)23(12-19)14-2-3-14/h1,4,11,14H,2-3,5-10,12H2. The summed E-state index contributed by atoms with van der Waals surface area (Å²) < 4.78 is 14.0. The van der Waals surface area contributed by atoms with Gasteiger partial charge < -0.3 is 9.80 Å². The van der Waals surface area contributed by atoms with Gasteiger partial charge in [-0.1, -0.05) is 11.6 Å². The number of halogens is 2. The van der Waals surface area contributed by atoms with E-state index in [-0.39, 0.29) is 22.8 Å². The van der Waals surface area contributed by atoms with Gasteiger partial charge >= 0.3 is 0 Å². The van der Waals surface area contributed by atoms with Crippen LogP contribution in [0.3, 0.4) is 0 Å². The summed E-state index contributed by atoms with van der Waals surface area (Å²) in [5.41, 5.74) is 0.169. The Hall–Kier alpha value is -1.62. The molecule has 0 bridgehead atoms. The van der Waals surface area contributed by atoms with E-state index in [9.17, 15) is 14.0 Å². The number of carbonyl (C=O) groups excluding carboxylic acids is 2. The molecule has 0 aromatic heterocycles. The molecular weight excluding hydrogens is 343 g/mol. The van der Waals surface area contributed by atoms with Gasteiger partial charge in [-0.05, 0) is 55.7 Å². The van der Waals surface area contributed by atoms with Gasteiger partial charge in [-0.3, -0.25) is 9.59 Å². The van der Waals surface area contributed by atoms with Crippen molar-refractivity contribution in [2.45, 2.75) is 44.6 Å². The molecule has 0 N–H and O–H groups in total. The number of hydrogen-bond donors (Lipinski definition) is 0. The van der Waals surface area contributed by atoms with Crippen LogP contribution in [0.4, 0.5) is 4.39 Å². The molecule has 0 radical (unpaired) electrons. The number of piperidine rings is 2. The van der Waals surface area contributed by atoms with Crippen LogP contribution >= 0.6 is 11.6 Å². The van der Waals surface area contributed by atoms with Crippen molar-refractivity contribution in [3.8, 4) is 0 Å². The quantitative estimate of drug-likeness (QED) is 0.806. The number of carbonyl (C=O) groups is 2. The molecule has 2 heterocycles. The van der Waals surface area contributed by atoms with Gasteiger partial charge in [0.15, 0.2) is 0 Å². The van der Waals surface area contributed by atoms with Crippen molar-refractivity contribution in [1.82, 2.24) is 9.80 Å². The maximum atomic E-state index is 14.0. The van der Waals surface area contributed by atoms with Crippen molar-refractivity contribution in [3.63, 3.8) is 0 Å². The molecule has 134 valence electrons. The minimum atomic E-state index is -0.530. The summed E-state index contributed by atoms with van der Waals surface area (Å²) in [4.78, 5) is 28.6. The zero-order valence-electron chi connectivity index (χ0n) is 14.1. The lowest BCUT2D eigenvalue weighted by atomic mass is 9.72. The van der Waals surface area contributed by atoms with E-state index in [1.807, 2.05) is 0 Å². The van der Waals surface area contributed by atoms with Gasteiger partial charge in [0, 0.05) is 37.1 Å². The molecule has 0 unspecified atom stereocenters. The Labute approximate surface area is 151 Å². The van der Waals surface area contributed by atoms with Crippen molar-refractivity contribution < 1.29 is 14.0 Å². The lowest BCUT2D eigenvalue weighted by molar-refractivity contribution is -0.139. The van der Waals surface area contributed by atoms with Gasteiger partial charge in [0.1, 0.15) is 5.82 Å². The Balaban J connectivity index is 1.43.